The topological polar surface area (TPSA) is 41.3 Å². The van der Waals surface area contributed by atoms with Gasteiger partial charge in [-0.25, -0.2) is 0 Å². The van der Waals surface area contributed by atoms with Crippen LogP contribution in [0.4, 0.5) is 0 Å². The van der Waals surface area contributed by atoms with Gasteiger partial charge in [0.05, 0.1) is 18.7 Å². The number of halogens is 1. The molecule has 2 aromatic rings. The molecule has 1 unspecified atom stereocenters. The van der Waals surface area contributed by atoms with Gasteiger partial charge >= 0.3 is 5.97 Å². The number of ether oxygens (including phenoxy) is 1. The van der Waals surface area contributed by atoms with E-state index < -0.39 is 0 Å². The molecule has 0 saturated heterocycles. The van der Waals surface area contributed by atoms with E-state index in [1.54, 1.807) is 15.4 Å². The average molecular weight is 420 g/mol. The summed E-state index contributed by atoms with van der Waals surface area (Å²) in [6.45, 7) is 2.93. The van der Waals surface area contributed by atoms with Crippen molar-refractivity contribution in [2.75, 3.05) is 6.61 Å². The number of hydrogen-bond donors (Lipinski definition) is 1. The summed E-state index contributed by atoms with van der Waals surface area (Å²) in [4.78, 5) is 14.7. The molecule has 0 radical (unpaired) electrons. The lowest BCUT2D eigenvalue weighted by Gasteiger charge is -2.20. The molecule has 140 valence electrons. The van der Waals surface area contributed by atoms with Crippen molar-refractivity contribution in [1.29, 1.82) is 0 Å². The summed E-state index contributed by atoms with van der Waals surface area (Å²) in [6.07, 6.45) is 4.38. The molecule has 2 aliphatic rings. The summed E-state index contributed by atoms with van der Waals surface area (Å²) >= 11 is 13.7. The Morgan fingerprint density at radius 3 is 3.00 bits per heavy atom. The molecule has 7 heteroatoms. The van der Waals surface area contributed by atoms with Crippen LogP contribution in [0.15, 0.2) is 30.5 Å². The zero-order valence-electron chi connectivity index (χ0n) is 15.0. The maximum absolute atomic E-state index is 12.2. The minimum atomic E-state index is -0.0832. The van der Waals surface area contributed by atoms with Gasteiger partial charge < -0.3 is 4.74 Å². The number of nitrogens with zero attached hydrogens (tertiary/aromatic N) is 1. The van der Waals surface area contributed by atoms with Gasteiger partial charge in [-0.3, -0.25) is 4.79 Å². The number of nitrogens with one attached hydrogen (secondary N) is 1. The van der Waals surface area contributed by atoms with Crippen LogP contribution >= 0.6 is 22.9 Å². The van der Waals surface area contributed by atoms with Crippen LogP contribution in [0.3, 0.4) is 0 Å². The summed E-state index contributed by atoms with van der Waals surface area (Å²) in [5.74, 6) is -0.134. The van der Waals surface area contributed by atoms with Crippen LogP contribution in [0.25, 0.3) is 5.57 Å². The molecular weight excluding hydrogens is 400 g/mol. The van der Waals surface area contributed by atoms with E-state index in [9.17, 15) is 4.79 Å². The molecule has 0 spiro atoms. The first kappa shape index (κ1) is 18.6. The molecule has 2 heterocycles. The fraction of sp³-hybridized carbons (Fsp3) is 0.350. The summed E-state index contributed by atoms with van der Waals surface area (Å²) < 4.78 is 6.92. The predicted octanol–water partition coefficient (Wildman–Crippen LogP) is 4.22. The summed E-state index contributed by atoms with van der Waals surface area (Å²) in [5.41, 5.74) is 7.79. The van der Waals surface area contributed by atoms with Crippen molar-refractivity contribution in [2.24, 2.45) is 5.92 Å². The minimum Gasteiger partial charge on any atom is -0.466 e. The molecule has 4 rings (SSSR count). The largest absolute Gasteiger partial charge is 0.466 e. The van der Waals surface area contributed by atoms with Crippen LogP contribution in [-0.2, 0) is 41.3 Å². The maximum atomic E-state index is 12.2. The third kappa shape index (κ3) is 3.53. The first-order valence-electron chi connectivity index (χ1n) is 9.04. The lowest BCUT2D eigenvalue weighted by molar-refractivity contribution is -0.563. The Morgan fingerprint density at radius 2 is 2.22 bits per heavy atom. The molecule has 4 nitrogen and oxygen atoms in total. The van der Waals surface area contributed by atoms with Gasteiger partial charge in [0.15, 0.2) is 0 Å². The fourth-order valence-electron chi connectivity index (χ4n) is 3.77. The Morgan fingerprint density at radius 1 is 1.41 bits per heavy atom. The van der Waals surface area contributed by atoms with Crippen molar-refractivity contribution in [3.8, 4) is 0 Å². The monoisotopic (exact) mass is 419 g/mol. The molecule has 0 saturated carbocycles. The van der Waals surface area contributed by atoms with E-state index in [4.69, 9.17) is 28.8 Å². The summed E-state index contributed by atoms with van der Waals surface area (Å²) in [6, 6.07) is 7.85. The molecule has 27 heavy (non-hydrogen) atoms. The molecular formula is C20H20ClN2O2S2+. The van der Waals surface area contributed by atoms with Gasteiger partial charge in [0.2, 0.25) is 6.54 Å². The quantitative estimate of drug-likeness (QED) is 0.597. The standard InChI is InChI=1S/C20H20ClN2O2S2/c1-2-25-20(24)12-7-8-14-16-11-23(26)22-10-15(19(16)27-18(14)9-12)13-5-3-4-6-17(13)21/h3-6,10,12H,2,7-9,11H2,1H3,(H,22,26)/q+1. The Bertz CT molecular complexity index is 951. The minimum absolute atomic E-state index is 0.0507. The number of fused-ring (bicyclic) bond motifs is 3. The zero-order valence-corrected chi connectivity index (χ0v) is 17.3. The number of thiophene rings is 1. The number of carbonyl (C=O) groups is 1. The third-order valence-corrected chi connectivity index (χ3v) is 6.95. The lowest BCUT2D eigenvalue weighted by atomic mass is 9.86. The van der Waals surface area contributed by atoms with Crippen LogP contribution in [0.1, 0.15) is 39.8 Å². The molecule has 1 aromatic heterocycles. The molecule has 1 aliphatic heterocycles. The van der Waals surface area contributed by atoms with E-state index in [2.05, 4.69) is 5.43 Å². The highest BCUT2D eigenvalue weighted by Crippen LogP contribution is 2.43. The summed E-state index contributed by atoms with van der Waals surface area (Å²) in [7, 11) is 0. The number of esters is 1. The second kappa shape index (κ2) is 7.70. The van der Waals surface area contributed by atoms with Crippen LogP contribution in [0, 0.1) is 5.92 Å². The van der Waals surface area contributed by atoms with Gasteiger partial charge in [-0.1, -0.05) is 29.8 Å². The van der Waals surface area contributed by atoms with Crippen molar-refractivity contribution >= 4 is 46.9 Å². The number of hydrogen-bond acceptors (Lipinski definition) is 4. The number of rotatable bonds is 3. The SMILES string of the molecule is CCOC(=O)C1CCc2c(sc3c2C[N+](=S)NC=C3c2ccccc2Cl)C1. The molecule has 0 amide bonds. The second-order valence-corrected chi connectivity index (χ2v) is 8.66. The Hall–Kier alpha value is -1.76. The van der Waals surface area contributed by atoms with Crippen molar-refractivity contribution < 1.29 is 13.6 Å². The molecule has 0 bridgehead atoms. The van der Waals surface area contributed by atoms with Gasteiger partial charge in [-0.05, 0) is 41.9 Å². The van der Waals surface area contributed by atoms with Gasteiger partial charge in [0, 0.05) is 31.5 Å². The predicted molar refractivity (Wildman–Crippen MR) is 109 cm³/mol. The maximum Gasteiger partial charge on any atom is 0.309 e. The fourth-order valence-corrected chi connectivity index (χ4v) is 5.66. The van der Waals surface area contributed by atoms with Crippen LogP contribution in [-0.4, -0.2) is 16.6 Å². The van der Waals surface area contributed by atoms with Crippen LogP contribution in [0.5, 0.6) is 0 Å². The highest BCUT2D eigenvalue weighted by Gasteiger charge is 2.33. The number of benzene rings is 1. The third-order valence-electron chi connectivity index (χ3n) is 5.06. The zero-order chi connectivity index (χ0) is 19.0. The molecule has 1 N–H and O–H groups in total. The second-order valence-electron chi connectivity index (χ2n) is 6.71. The van der Waals surface area contributed by atoms with Gasteiger partial charge in [0.25, 0.3) is 12.4 Å². The van der Waals surface area contributed by atoms with E-state index in [-0.39, 0.29) is 11.9 Å². The van der Waals surface area contributed by atoms with E-state index >= 15 is 0 Å². The van der Waals surface area contributed by atoms with Crippen LogP contribution < -0.4 is 5.43 Å². The van der Waals surface area contributed by atoms with E-state index in [1.165, 1.54) is 20.9 Å². The van der Waals surface area contributed by atoms with Crippen molar-refractivity contribution in [1.82, 2.24) is 5.43 Å². The molecule has 1 aromatic carbocycles. The Kier molecular flexibility index (Phi) is 5.30. The average Bonchev–Trinajstić information content (AvgIpc) is 2.92. The van der Waals surface area contributed by atoms with Gasteiger partial charge in [-0.15, -0.1) is 11.3 Å². The molecule has 1 atom stereocenters. The smallest absolute Gasteiger partial charge is 0.309 e. The van der Waals surface area contributed by atoms with E-state index in [0.717, 1.165) is 30.4 Å². The van der Waals surface area contributed by atoms with Crippen molar-refractivity contribution in [3.05, 3.63) is 61.9 Å². The first-order chi connectivity index (χ1) is 13.1. The van der Waals surface area contributed by atoms with E-state index in [0.29, 0.717) is 18.2 Å². The van der Waals surface area contributed by atoms with Crippen LogP contribution in [0.2, 0.25) is 5.02 Å². The molecule has 1 aliphatic carbocycles. The molecule has 0 fully saturated rings. The normalized spacial score (nSPS) is 18.7. The van der Waals surface area contributed by atoms with Crippen molar-refractivity contribution in [2.45, 2.75) is 32.7 Å². The Balaban J connectivity index is 1.77. The van der Waals surface area contributed by atoms with Crippen molar-refractivity contribution in [3.63, 3.8) is 0 Å². The highest BCUT2D eigenvalue weighted by atomic mass is 35.5. The lowest BCUT2D eigenvalue weighted by Crippen LogP contribution is -2.25. The van der Waals surface area contributed by atoms with Gasteiger partial charge in [-0.2, -0.15) is 5.43 Å². The first-order valence-corrected chi connectivity index (χ1v) is 10.6. The van der Waals surface area contributed by atoms with Gasteiger partial charge in [0.1, 0.15) is 0 Å². The highest BCUT2D eigenvalue weighted by molar-refractivity contribution is 7.44. The number of hydrazine groups is 1. The summed E-state index contributed by atoms with van der Waals surface area (Å²) in [5, 5.41) is 0.713. The van der Waals surface area contributed by atoms with E-state index in [1.807, 2.05) is 37.4 Å². The Labute approximate surface area is 172 Å². The number of carbonyl (C=O) groups excluding carboxylic acids is 1.